The summed E-state index contributed by atoms with van der Waals surface area (Å²) < 4.78 is 10.2. The highest BCUT2D eigenvalue weighted by Crippen LogP contribution is 2.22. The van der Waals surface area contributed by atoms with Gasteiger partial charge >= 0.3 is 0 Å². The van der Waals surface area contributed by atoms with Gasteiger partial charge in [0.25, 0.3) is 0 Å². The van der Waals surface area contributed by atoms with Crippen molar-refractivity contribution in [2.45, 2.75) is 43.2 Å². The van der Waals surface area contributed by atoms with E-state index in [1.165, 1.54) is 0 Å². The summed E-state index contributed by atoms with van der Waals surface area (Å²) in [6.45, 7) is -0.938. The number of hydrogen-bond acceptors (Lipinski definition) is 8. The molecule has 18 heavy (non-hydrogen) atoms. The van der Waals surface area contributed by atoms with Gasteiger partial charge < -0.3 is 40.1 Å². The minimum absolute atomic E-state index is 0.00951. The second-order valence-corrected chi connectivity index (χ2v) is 4.19. The van der Waals surface area contributed by atoms with Gasteiger partial charge in [0.15, 0.2) is 6.29 Å². The van der Waals surface area contributed by atoms with Crippen LogP contribution in [0.25, 0.3) is 0 Å². The zero-order valence-corrected chi connectivity index (χ0v) is 9.79. The van der Waals surface area contributed by atoms with E-state index < -0.39 is 50.0 Å². The molecule has 8 heteroatoms. The van der Waals surface area contributed by atoms with E-state index in [2.05, 4.69) is 0 Å². The highest BCUT2D eigenvalue weighted by atomic mass is 16.7. The number of rotatable bonds is 6. The molecule has 0 aliphatic carbocycles. The van der Waals surface area contributed by atoms with Crippen molar-refractivity contribution in [3.8, 4) is 0 Å². The molecule has 1 saturated heterocycles. The molecule has 0 bridgehead atoms. The maximum absolute atomic E-state index is 9.59. The van der Waals surface area contributed by atoms with Gasteiger partial charge in [-0.3, -0.25) is 0 Å². The zero-order chi connectivity index (χ0) is 13.7. The first-order valence-electron chi connectivity index (χ1n) is 5.72. The molecular formula is C10H20O8. The van der Waals surface area contributed by atoms with Crippen LogP contribution in [-0.2, 0) is 9.47 Å². The molecule has 0 amide bonds. The van der Waals surface area contributed by atoms with Gasteiger partial charge in [0.05, 0.1) is 25.9 Å². The average molecular weight is 268 g/mol. The Morgan fingerprint density at radius 3 is 2.28 bits per heavy atom. The second-order valence-electron chi connectivity index (χ2n) is 4.19. The first-order chi connectivity index (χ1) is 8.51. The lowest BCUT2D eigenvalue weighted by Crippen LogP contribution is -2.59. The van der Waals surface area contributed by atoms with E-state index in [4.69, 9.17) is 24.8 Å². The molecular weight excluding hydrogens is 248 g/mol. The van der Waals surface area contributed by atoms with Gasteiger partial charge in [-0.15, -0.1) is 0 Å². The van der Waals surface area contributed by atoms with Gasteiger partial charge in [0.1, 0.15) is 24.4 Å². The van der Waals surface area contributed by atoms with E-state index in [0.717, 1.165) is 0 Å². The van der Waals surface area contributed by atoms with Crippen molar-refractivity contribution in [2.75, 3.05) is 19.8 Å². The third-order valence-electron chi connectivity index (χ3n) is 2.79. The van der Waals surface area contributed by atoms with Gasteiger partial charge in [-0.1, -0.05) is 0 Å². The van der Waals surface area contributed by atoms with Crippen molar-refractivity contribution in [2.24, 2.45) is 0 Å². The van der Waals surface area contributed by atoms with Crippen LogP contribution in [0.3, 0.4) is 0 Å². The van der Waals surface area contributed by atoms with Gasteiger partial charge in [0, 0.05) is 0 Å². The van der Waals surface area contributed by atoms with Crippen molar-refractivity contribution in [3.05, 3.63) is 0 Å². The molecule has 1 fully saturated rings. The van der Waals surface area contributed by atoms with Crippen LogP contribution in [0.4, 0.5) is 0 Å². The monoisotopic (exact) mass is 268 g/mol. The number of ether oxygens (including phenoxy) is 2. The summed E-state index contributed by atoms with van der Waals surface area (Å²) in [5.41, 5.74) is 0. The number of aliphatic hydroxyl groups excluding tert-OH is 6. The van der Waals surface area contributed by atoms with Crippen LogP contribution in [0.2, 0.25) is 0 Å². The Hall–Kier alpha value is -0.320. The third-order valence-corrected chi connectivity index (χ3v) is 2.79. The molecule has 0 unspecified atom stereocenters. The summed E-state index contributed by atoms with van der Waals surface area (Å²) in [4.78, 5) is 0. The van der Waals surface area contributed by atoms with Crippen molar-refractivity contribution in [1.82, 2.24) is 0 Å². The lowest BCUT2D eigenvalue weighted by atomic mass is 9.99. The maximum Gasteiger partial charge on any atom is 0.186 e. The SMILES string of the molecule is OC[C@H](O)CCO[C@@H]1O[C@H](CO)[C@@H](O)[C@H](O)[C@H]1O. The van der Waals surface area contributed by atoms with Crippen LogP contribution < -0.4 is 0 Å². The Kier molecular flexibility index (Phi) is 6.39. The maximum atomic E-state index is 9.59. The molecule has 0 aromatic carbocycles. The first kappa shape index (κ1) is 15.7. The summed E-state index contributed by atoms with van der Waals surface area (Å²) in [6, 6.07) is 0. The van der Waals surface area contributed by atoms with Crippen LogP contribution in [0, 0.1) is 0 Å². The lowest BCUT2D eigenvalue weighted by Gasteiger charge is -2.39. The predicted octanol–water partition coefficient (Wildman–Crippen LogP) is -3.45. The Balaban J connectivity index is 2.44. The number of hydrogen-bond donors (Lipinski definition) is 6. The molecule has 108 valence electrons. The minimum atomic E-state index is -1.48. The molecule has 0 radical (unpaired) electrons. The highest BCUT2D eigenvalue weighted by Gasteiger charge is 2.43. The van der Waals surface area contributed by atoms with Gasteiger partial charge in [-0.2, -0.15) is 0 Å². The molecule has 6 atom stereocenters. The van der Waals surface area contributed by atoms with E-state index in [1.807, 2.05) is 0 Å². The summed E-state index contributed by atoms with van der Waals surface area (Å²) in [6.07, 6.45) is -7.38. The summed E-state index contributed by atoms with van der Waals surface area (Å²) in [5.74, 6) is 0. The van der Waals surface area contributed by atoms with Crippen LogP contribution in [0.15, 0.2) is 0 Å². The fraction of sp³-hybridized carbons (Fsp3) is 1.00. The fourth-order valence-electron chi connectivity index (χ4n) is 1.62. The normalized spacial score (nSPS) is 38.7. The van der Waals surface area contributed by atoms with E-state index in [-0.39, 0.29) is 13.0 Å². The molecule has 8 nitrogen and oxygen atoms in total. The largest absolute Gasteiger partial charge is 0.394 e. The Bertz CT molecular complexity index is 236. The summed E-state index contributed by atoms with van der Waals surface area (Å²) >= 11 is 0. The van der Waals surface area contributed by atoms with E-state index in [0.29, 0.717) is 0 Å². The molecule has 0 saturated carbocycles. The molecule has 6 N–H and O–H groups in total. The standard InChI is InChI=1S/C10H20O8/c11-3-5(13)1-2-17-10-9(16)8(15)7(14)6(4-12)18-10/h5-16H,1-4H2/t5-,6-,7-,8+,9-,10-/m1/s1. The Morgan fingerprint density at radius 2 is 1.72 bits per heavy atom. The lowest BCUT2D eigenvalue weighted by molar-refractivity contribution is -0.301. The summed E-state index contributed by atoms with van der Waals surface area (Å²) in [5, 5.41) is 55.2. The third kappa shape index (κ3) is 3.84. The second kappa shape index (κ2) is 7.31. The van der Waals surface area contributed by atoms with Gasteiger partial charge in [0.2, 0.25) is 0 Å². The fourth-order valence-corrected chi connectivity index (χ4v) is 1.62. The molecule has 1 aliphatic rings. The van der Waals surface area contributed by atoms with Crippen LogP contribution in [-0.4, -0.2) is 87.3 Å². The quantitative estimate of drug-likeness (QED) is 0.292. The van der Waals surface area contributed by atoms with Crippen LogP contribution in [0.5, 0.6) is 0 Å². The van der Waals surface area contributed by atoms with Crippen LogP contribution >= 0.6 is 0 Å². The van der Waals surface area contributed by atoms with E-state index in [1.54, 1.807) is 0 Å². The van der Waals surface area contributed by atoms with Gasteiger partial charge in [-0.05, 0) is 6.42 Å². The smallest absolute Gasteiger partial charge is 0.186 e. The predicted molar refractivity (Wildman–Crippen MR) is 57.4 cm³/mol. The first-order valence-corrected chi connectivity index (χ1v) is 5.72. The topological polar surface area (TPSA) is 140 Å². The van der Waals surface area contributed by atoms with Crippen molar-refractivity contribution in [1.29, 1.82) is 0 Å². The van der Waals surface area contributed by atoms with Crippen molar-refractivity contribution < 1.29 is 40.1 Å². The molecule has 0 aromatic rings. The average Bonchev–Trinajstić information content (AvgIpc) is 2.38. The van der Waals surface area contributed by atoms with E-state index >= 15 is 0 Å². The Labute approximate surface area is 104 Å². The van der Waals surface area contributed by atoms with Gasteiger partial charge in [-0.25, -0.2) is 0 Å². The molecule has 0 spiro atoms. The minimum Gasteiger partial charge on any atom is -0.394 e. The number of aliphatic hydroxyl groups is 6. The van der Waals surface area contributed by atoms with E-state index in [9.17, 15) is 15.3 Å². The van der Waals surface area contributed by atoms with Crippen LogP contribution in [0.1, 0.15) is 6.42 Å². The van der Waals surface area contributed by atoms with Crippen molar-refractivity contribution >= 4 is 0 Å². The molecule has 0 aromatic heterocycles. The molecule has 1 rings (SSSR count). The molecule has 1 heterocycles. The highest BCUT2D eigenvalue weighted by molar-refractivity contribution is 4.88. The summed E-state index contributed by atoms with van der Waals surface area (Å²) in [7, 11) is 0. The van der Waals surface area contributed by atoms with Crippen molar-refractivity contribution in [3.63, 3.8) is 0 Å². The Morgan fingerprint density at radius 1 is 1.06 bits per heavy atom. The molecule has 1 aliphatic heterocycles. The zero-order valence-electron chi connectivity index (χ0n) is 9.79.